The van der Waals surface area contributed by atoms with Crippen LogP contribution >= 0.6 is 0 Å². The van der Waals surface area contributed by atoms with Gasteiger partial charge in [-0.3, -0.25) is 10.1 Å². The van der Waals surface area contributed by atoms with Gasteiger partial charge in [-0.2, -0.15) is 0 Å². The van der Waals surface area contributed by atoms with Crippen LogP contribution in [0.2, 0.25) is 0 Å². The fourth-order valence-corrected chi connectivity index (χ4v) is 1.59. The van der Waals surface area contributed by atoms with E-state index in [2.05, 4.69) is 6.58 Å². The molecule has 0 saturated heterocycles. The Morgan fingerprint density at radius 1 is 1.58 bits per heavy atom. The third-order valence-corrected chi connectivity index (χ3v) is 2.44. The molecule has 6 nitrogen and oxygen atoms in total. The van der Waals surface area contributed by atoms with Gasteiger partial charge in [0.15, 0.2) is 0 Å². The Balaban J connectivity index is 3.25. The normalized spacial score (nSPS) is 10.4. The van der Waals surface area contributed by atoms with E-state index in [4.69, 9.17) is 5.11 Å². The highest BCUT2D eigenvalue weighted by molar-refractivity contribution is 5.87. The minimum atomic E-state index is -1.11. The summed E-state index contributed by atoms with van der Waals surface area (Å²) in [6.45, 7) is 4.16. The summed E-state index contributed by atoms with van der Waals surface area (Å²) in [5, 5.41) is 19.4. The lowest BCUT2D eigenvalue weighted by Crippen LogP contribution is -2.17. The van der Waals surface area contributed by atoms with Crippen LogP contribution in [0.4, 0.5) is 11.4 Å². The molecule has 0 atom stereocenters. The van der Waals surface area contributed by atoms with E-state index in [0.29, 0.717) is 17.8 Å². The van der Waals surface area contributed by atoms with Crippen LogP contribution in [0.3, 0.4) is 0 Å². The molecule has 0 saturated carbocycles. The molecule has 0 unspecified atom stereocenters. The SMILES string of the molecule is C=CCN(C)c1ccc([N+](=O)[O-])cc1/C=C/C(=O)O. The molecule has 0 aromatic heterocycles. The van der Waals surface area contributed by atoms with Gasteiger partial charge in [0.25, 0.3) is 5.69 Å². The second-order valence-corrected chi connectivity index (χ2v) is 3.84. The monoisotopic (exact) mass is 262 g/mol. The average Bonchev–Trinajstić information content (AvgIpc) is 2.36. The Bertz CT molecular complexity index is 537. The van der Waals surface area contributed by atoms with Crippen molar-refractivity contribution >= 4 is 23.4 Å². The highest BCUT2D eigenvalue weighted by Gasteiger charge is 2.11. The number of likely N-dealkylation sites (N-methyl/N-ethyl adjacent to an activating group) is 1. The van der Waals surface area contributed by atoms with Crippen molar-refractivity contribution < 1.29 is 14.8 Å². The van der Waals surface area contributed by atoms with Crippen molar-refractivity contribution in [2.24, 2.45) is 0 Å². The van der Waals surface area contributed by atoms with Gasteiger partial charge in [0.2, 0.25) is 0 Å². The summed E-state index contributed by atoms with van der Waals surface area (Å²) in [5.41, 5.74) is 1.09. The Morgan fingerprint density at radius 2 is 2.26 bits per heavy atom. The minimum Gasteiger partial charge on any atom is -0.478 e. The van der Waals surface area contributed by atoms with Crippen molar-refractivity contribution in [2.45, 2.75) is 0 Å². The number of carboxylic acids is 1. The number of hydrogen-bond donors (Lipinski definition) is 1. The smallest absolute Gasteiger partial charge is 0.328 e. The van der Waals surface area contributed by atoms with E-state index in [-0.39, 0.29) is 5.69 Å². The molecule has 1 aromatic carbocycles. The predicted octanol–water partition coefficient (Wildman–Crippen LogP) is 2.31. The summed E-state index contributed by atoms with van der Waals surface area (Å²) in [4.78, 5) is 22.6. The van der Waals surface area contributed by atoms with E-state index in [0.717, 1.165) is 6.08 Å². The molecule has 1 rings (SSSR count). The number of anilines is 1. The van der Waals surface area contributed by atoms with Gasteiger partial charge in [-0.1, -0.05) is 6.08 Å². The largest absolute Gasteiger partial charge is 0.478 e. The van der Waals surface area contributed by atoms with Crippen LogP contribution in [0, 0.1) is 10.1 Å². The molecular weight excluding hydrogens is 248 g/mol. The van der Waals surface area contributed by atoms with Crippen molar-refractivity contribution in [1.29, 1.82) is 0 Å². The van der Waals surface area contributed by atoms with E-state index in [1.54, 1.807) is 19.2 Å². The maximum Gasteiger partial charge on any atom is 0.328 e. The predicted molar refractivity (Wildman–Crippen MR) is 73.2 cm³/mol. The van der Waals surface area contributed by atoms with Gasteiger partial charge >= 0.3 is 5.97 Å². The van der Waals surface area contributed by atoms with Gasteiger partial charge in [0.1, 0.15) is 0 Å². The van der Waals surface area contributed by atoms with Gasteiger partial charge < -0.3 is 10.0 Å². The number of non-ortho nitro benzene ring substituents is 1. The summed E-state index contributed by atoms with van der Waals surface area (Å²) in [5.74, 6) is -1.11. The van der Waals surface area contributed by atoms with E-state index >= 15 is 0 Å². The van der Waals surface area contributed by atoms with Crippen LogP contribution in [-0.4, -0.2) is 29.6 Å². The first-order valence-electron chi connectivity index (χ1n) is 5.47. The van der Waals surface area contributed by atoms with Gasteiger partial charge in [0, 0.05) is 43.1 Å². The molecule has 6 heteroatoms. The summed E-state index contributed by atoms with van der Waals surface area (Å²) in [6.07, 6.45) is 3.97. The number of rotatable bonds is 6. The molecule has 0 spiro atoms. The van der Waals surface area contributed by atoms with E-state index in [9.17, 15) is 14.9 Å². The van der Waals surface area contributed by atoms with Crippen LogP contribution in [-0.2, 0) is 4.79 Å². The third kappa shape index (κ3) is 3.95. The molecule has 19 heavy (non-hydrogen) atoms. The summed E-state index contributed by atoms with van der Waals surface area (Å²) in [6, 6.07) is 4.31. The molecule has 0 heterocycles. The Labute approximate surface area is 110 Å². The zero-order valence-corrected chi connectivity index (χ0v) is 10.4. The number of aliphatic carboxylic acids is 1. The van der Waals surface area contributed by atoms with Crippen molar-refractivity contribution in [3.05, 3.63) is 52.6 Å². The molecule has 0 aliphatic carbocycles. The number of nitro benzene ring substituents is 1. The van der Waals surface area contributed by atoms with Crippen molar-refractivity contribution in [3.8, 4) is 0 Å². The first kappa shape index (κ1) is 14.4. The Hall–Kier alpha value is -2.63. The lowest BCUT2D eigenvalue weighted by molar-refractivity contribution is -0.384. The number of carboxylic acid groups (broad SMARTS) is 1. The summed E-state index contributed by atoms with van der Waals surface area (Å²) >= 11 is 0. The molecule has 0 aliphatic rings. The molecule has 0 fully saturated rings. The number of hydrogen-bond acceptors (Lipinski definition) is 4. The molecule has 1 aromatic rings. The number of benzene rings is 1. The van der Waals surface area contributed by atoms with Gasteiger partial charge in [-0.05, 0) is 12.1 Å². The standard InChI is InChI=1S/C13H14N2O4/c1-3-8-14(2)12-6-5-11(15(18)19)9-10(12)4-7-13(16)17/h3-7,9H,1,8H2,2H3,(H,16,17)/b7-4+. The second-order valence-electron chi connectivity index (χ2n) is 3.84. The van der Waals surface area contributed by atoms with Crippen molar-refractivity contribution in [2.75, 3.05) is 18.5 Å². The van der Waals surface area contributed by atoms with Crippen LogP contribution in [0.25, 0.3) is 6.08 Å². The fraction of sp³-hybridized carbons (Fsp3) is 0.154. The van der Waals surface area contributed by atoms with Crippen LogP contribution in [0.1, 0.15) is 5.56 Å². The van der Waals surface area contributed by atoms with Crippen LogP contribution in [0.15, 0.2) is 36.9 Å². The minimum absolute atomic E-state index is 0.0826. The van der Waals surface area contributed by atoms with Gasteiger partial charge in [-0.15, -0.1) is 6.58 Å². The molecule has 0 amide bonds. The van der Waals surface area contributed by atoms with E-state index < -0.39 is 10.9 Å². The van der Waals surface area contributed by atoms with Crippen molar-refractivity contribution in [1.82, 2.24) is 0 Å². The summed E-state index contributed by atoms with van der Waals surface area (Å²) in [7, 11) is 1.79. The fourth-order valence-electron chi connectivity index (χ4n) is 1.59. The first-order valence-corrected chi connectivity index (χ1v) is 5.47. The number of nitro groups is 1. The quantitative estimate of drug-likeness (QED) is 0.368. The molecule has 100 valence electrons. The zero-order chi connectivity index (χ0) is 14.4. The number of carbonyl (C=O) groups is 1. The van der Waals surface area contributed by atoms with Crippen molar-refractivity contribution in [3.63, 3.8) is 0 Å². The highest BCUT2D eigenvalue weighted by Crippen LogP contribution is 2.26. The van der Waals surface area contributed by atoms with Crippen LogP contribution in [0.5, 0.6) is 0 Å². The molecule has 0 aliphatic heterocycles. The lowest BCUT2D eigenvalue weighted by Gasteiger charge is -2.19. The average molecular weight is 262 g/mol. The Kier molecular flexibility index (Phi) is 4.82. The Morgan fingerprint density at radius 3 is 2.79 bits per heavy atom. The van der Waals surface area contributed by atoms with E-state index in [1.807, 2.05) is 4.90 Å². The highest BCUT2D eigenvalue weighted by atomic mass is 16.6. The van der Waals surface area contributed by atoms with Gasteiger partial charge in [-0.25, -0.2) is 4.79 Å². The third-order valence-electron chi connectivity index (χ3n) is 2.44. The maximum absolute atomic E-state index is 10.7. The molecule has 1 N–H and O–H groups in total. The molecule has 0 bridgehead atoms. The maximum atomic E-state index is 10.7. The van der Waals surface area contributed by atoms with Crippen LogP contribution < -0.4 is 4.90 Å². The van der Waals surface area contributed by atoms with E-state index in [1.165, 1.54) is 18.2 Å². The second kappa shape index (κ2) is 6.34. The molecule has 0 radical (unpaired) electrons. The topological polar surface area (TPSA) is 83.7 Å². The number of nitrogens with zero attached hydrogens (tertiary/aromatic N) is 2. The summed E-state index contributed by atoms with van der Waals surface area (Å²) < 4.78 is 0. The zero-order valence-electron chi connectivity index (χ0n) is 10.4. The first-order chi connectivity index (χ1) is 8.95. The molecular formula is C13H14N2O4. The lowest BCUT2D eigenvalue weighted by atomic mass is 10.1. The van der Waals surface area contributed by atoms with Gasteiger partial charge in [0.05, 0.1) is 4.92 Å².